The van der Waals surface area contributed by atoms with Gasteiger partial charge in [-0.05, 0) is 23.8 Å². The highest BCUT2D eigenvalue weighted by atomic mass is 32.2. The Morgan fingerprint density at radius 2 is 1.86 bits per heavy atom. The van der Waals surface area contributed by atoms with Gasteiger partial charge in [0.2, 0.25) is 0 Å². The molecule has 2 aromatic heterocycles. The number of cyclic esters (lactones) is 1. The summed E-state index contributed by atoms with van der Waals surface area (Å²) in [7, 11) is -6.09. The predicted molar refractivity (Wildman–Crippen MR) is 147 cm³/mol. The summed E-state index contributed by atoms with van der Waals surface area (Å²) in [5, 5.41) is 2.57. The largest absolute Gasteiger partial charge is 0.741 e. The number of rotatable bonds is 8. The van der Waals surface area contributed by atoms with E-state index in [9.17, 15) is 22.8 Å². The number of nitrogens with two attached hydrogens (primary N) is 1. The molecule has 1 amide bonds. The molecule has 2 N–H and O–H groups in total. The lowest BCUT2D eigenvalue weighted by molar-refractivity contribution is -0.143. The monoisotopic (exact) mass is 656 g/mol. The van der Waals surface area contributed by atoms with Crippen molar-refractivity contribution in [2.24, 2.45) is 5.73 Å². The van der Waals surface area contributed by atoms with E-state index in [1.54, 1.807) is 30.9 Å². The maximum Gasteiger partial charge on any atom is 0.485 e. The van der Waals surface area contributed by atoms with E-state index in [2.05, 4.69) is 9.97 Å². The first kappa shape index (κ1) is 32.5. The Morgan fingerprint density at radius 1 is 1.18 bits per heavy atom. The molecular formula is C26H22F4N5O7S2-. The molecule has 1 aliphatic heterocycles. The standard InChI is InChI=1S/C25H22FN5O4S.CHF3O3S/c26-22-9-19(31-12-20(35-25(31)33)11-30-8-7-28-15-30)5-6-21(22)16-1-3-17(4-2-16)24-29-18(14-36-24)13-34-23(32)10-27;2-1(3,4)8(5,6)7/h1-9,14-15,20H,10-13,27H2;(H,5,6,7)/p-1/t20-;/m0./s1. The first-order valence-corrected chi connectivity index (χ1v) is 14.7. The van der Waals surface area contributed by atoms with E-state index in [0.717, 1.165) is 10.6 Å². The Kier molecular flexibility index (Phi) is 9.98. The third kappa shape index (κ3) is 8.16. The molecule has 0 unspecified atom stereocenters. The van der Waals surface area contributed by atoms with Crippen molar-refractivity contribution in [2.75, 3.05) is 18.0 Å². The van der Waals surface area contributed by atoms with Crippen LogP contribution in [0, 0.1) is 5.82 Å². The van der Waals surface area contributed by atoms with Gasteiger partial charge >= 0.3 is 17.6 Å². The first-order valence-electron chi connectivity index (χ1n) is 12.4. The number of halogens is 4. The molecule has 4 aromatic rings. The van der Waals surface area contributed by atoms with Crippen molar-refractivity contribution in [3.05, 3.63) is 78.1 Å². The second-order valence-corrected chi connectivity index (χ2v) is 11.3. The Morgan fingerprint density at radius 3 is 2.45 bits per heavy atom. The van der Waals surface area contributed by atoms with Crippen LogP contribution in [-0.2, 0) is 37.5 Å². The smallest absolute Gasteiger partial charge is 0.485 e. The van der Waals surface area contributed by atoms with Crippen LogP contribution in [0.1, 0.15) is 5.69 Å². The second-order valence-electron chi connectivity index (χ2n) is 9.03. The molecule has 2 aromatic carbocycles. The van der Waals surface area contributed by atoms with Crippen LogP contribution in [0.5, 0.6) is 0 Å². The van der Waals surface area contributed by atoms with Crippen molar-refractivity contribution >= 4 is 39.2 Å². The molecule has 0 spiro atoms. The lowest BCUT2D eigenvalue weighted by atomic mass is 10.0. The van der Waals surface area contributed by atoms with Crippen molar-refractivity contribution in [2.45, 2.75) is 24.8 Å². The first-order chi connectivity index (χ1) is 20.7. The number of alkyl halides is 3. The topological polar surface area (TPSA) is 170 Å². The van der Waals surface area contributed by atoms with Gasteiger partial charge < -0.3 is 24.3 Å². The zero-order valence-corrected chi connectivity index (χ0v) is 23.9. The highest BCUT2D eigenvalue weighted by Crippen LogP contribution is 2.31. The third-order valence-corrected chi connectivity index (χ3v) is 7.44. The molecule has 0 saturated carbocycles. The number of aromatic nitrogens is 3. The van der Waals surface area contributed by atoms with Gasteiger partial charge in [-0.1, -0.05) is 24.3 Å². The lowest BCUT2D eigenvalue weighted by Crippen LogP contribution is -2.25. The summed E-state index contributed by atoms with van der Waals surface area (Å²) in [6.07, 6.45) is 4.26. The van der Waals surface area contributed by atoms with E-state index in [1.165, 1.54) is 22.3 Å². The van der Waals surface area contributed by atoms with Crippen molar-refractivity contribution in [3.8, 4) is 21.7 Å². The van der Waals surface area contributed by atoms with Gasteiger partial charge in [-0.3, -0.25) is 9.69 Å². The predicted octanol–water partition coefficient (Wildman–Crippen LogP) is 3.89. The summed E-state index contributed by atoms with van der Waals surface area (Å²) in [4.78, 5) is 33.5. The number of benzene rings is 2. The molecule has 5 rings (SSSR count). The highest BCUT2D eigenvalue weighted by molar-refractivity contribution is 7.86. The zero-order chi connectivity index (χ0) is 32.1. The molecule has 1 fully saturated rings. The molecule has 3 heterocycles. The number of imidazole rings is 1. The molecule has 44 heavy (non-hydrogen) atoms. The van der Waals surface area contributed by atoms with E-state index in [4.69, 9.17) is 28.2 Å². The van der Waals surface area contributed by atoms with Gasteiger partial charge in [0.15, 0.2) is 10.1 Å². The van der Waals surface area contributed by atoms with Crippen LogP contribution in [0.4, 0.5) is 28.0 Å². The molecular weight excluding hydrogens is 634 g/mol. The fourth-order valence-electron chi connectivity index (χ4n) is 3.87. The summed E-state index contributed by atoms with van der Waals surface area (Å²) in [6.45, 7) is 0.697. The Hall–Kier alpha value is -4.39. The van der Waals surface area contributed by atoms with E-state index < -0.39 is 33.5 Å². The maximum atomic E-state index is 15.1. The molecule has 234 valence electrons. The van der Waals surface area contributed by atoms with Crippen molar-refractivity contribution in [1.82, 2.24) is 14.5 Å². The summed E-state index contributed by atoms with van der Waals surface area (Å²) in [6, 6.07) is 12.1. The Labute approximate surface area is 251 Å². The molecule has 0 radical (unpaired) electrons. The normalized spacial score (nSPS) is 15.0. The van der Waals surface area contributed by atoms with Gasteiger partial charge in [0.05, 0.1) is 37.3 Å². The summed E-state index contributed by atoms with van der Waals surface area (Å²) in [5.74, 6) is -0.928. The minimum absolute atomic E-state index is 0.0665. The number of hydrogen-bond donors (Lipinski definition) is 1. The summed E-state index contributed by atoms with van der Waals surface area (Å²) >= 11 is 1.42. The SMILES string of the molecule is NCC(=O)OCc1csc(-c2ccc(-c3ccc(N4C[C@H](Cn5ccnc5)OC4=O)cc3F)cc2)n1.O=S(=O)([O-])C(F)(F)F. The summed E-state index contributed by atoms with van der Waals surface area (Å²) in [5.41, 5.74) is 2.64. The molecule has 12 nitrogen and oxygen atoms in total. The average Bonchev–Trinajstić information content (AvgIpc) is 3.73. The van der Waals surface area contributed by atoms with Crippen molar-refractivity contribution < 1.29 is 49.6 Å². The minimum Gasteiger partial charge on any atom is -0.741 e. The Balaban J connectivity index is 0.000000488. The van der Waals surface area contributed by atoms with Crippen molar-refractivity contribution in [1.29, 1.82) is 0 Å². The minimum atomic E-state index is -6.09. The molecule has 1 atom stereocenters. The zero-order valence-electron chi connectivity index (χ0n) is 22.3. The van der Waals surface area contributed by atoms with Crippen molar-refractivity contribution in [3.63, 3.8) is 0 Å². The van der Waals surface area contributed by atoms with E-state index >= 15 is 4.39 Å². The number of hydrogen-bond acceptors (Lipinski definition) is 11. The number of esters is 1. The molecule has 0 bridgehead atoms. The van der Waals surface area contributed by atoms with E-state index in [1.807, 2.05) is 34.2 Å². The van der Waals surface area contributed by atoms with E-state index in [-0.39, 0.29) is 19.3 Å². The van der Waals surface area contributed by atoms with Gasteiger partial charge in [-0.15, -0.1) is 11.3 Å². The van der Waals surface area contributed by atoms with Crippen LogP contribution in [0.15, 0.2) is 66.6 Å². The average molecular weight is 657 g/mol. The van der Waals surface area contributed by atoms with Crippen LogP contribution >= 0.6 is 11.3 Å². The van der Waals surface area contributed by atoms with Crippen LogP contribution in [0.25, 0.3) is 21.7 Å². The maximum absolute atomic E-state index is 15.1. The van der Waals surface area contributed by atoms with Gasteiger partial charge in [0.25, 0.3) is 0 Å². The van der Waals surface area contributed by atoms with Crippen LogP contribution in [0.2, 0.25) is 0 Å². The van der Waals surface area contributed by atoms with Crippen LogP contribution < -0.4 is 10.6 Å². The van der Waals surface area contributed by atoms with Gasteiger partial charge in [0.1, 0.15) is 23.5 Å². The number of carbonyl (C=O) groups excluding carboxylic acids is 2. The van der Waals surface area contributed by atoms with Gasteiger partial charge in [-0.2, -0.15) is 13.2 Å². The molecule has 1 saturated heterocycles. The quantitative estimate of drug-likeness (QED) is 0.127. The number of nitrogens with zero attached hydrogens (tertiary/aromatic N) is 4. The van der Waals surface area contributed by atoms with Crippen LogP contribution in [-0.4, -0.2) is 64.3 Å². The lowest BCUT2D eigenvalue weighted by Gasteiger charge is -2.14. The number of ether oxygens (including phenoxy) is 2. The second kappa shape index (κ2) is 13.5. The fourth-order valence-corrected chi connectivity index (χ4v) is 4.69. The number of amides is 1. The number of thiazole rings is 1. The number of carbonyl (C=O) groups is 2. The number of anilines is 1. The van der Waals surface area contributed by atoms with E-state index in [0.29, 0.717) is 35.6 Å². The highest BCUT2D eigenvalue weighted by Gasteiger charge is 2.37. The fraction of sp³-hybridized carbons (Fsp3) is 0.231. The third-order valence-electron chi connectivity index (χ3n) is 5.94. The van der Waals surface area contributed by atoms with Gasteiger partial charge in [-0.25, -0.2) is 27.6 Å². The Bertz CT molecular complexity index is 1710. The van der Waals surface area contributed by atoms with Gasteiger partial charge in [0, 0.05) is 28.9 Å². The van der Waals surface area contributed by atoms with Crippen LogP contribution in [0.3, 0.4) is 0 Å². The molecule has 18 heteroatoms. The summed E-state index contributed by atoms with van der Waals surface area (Å²) < 4.78 is 86.2. The molecule has 1 aliphatic rings. The molecule has 0 aliphatic carbocycles.